The fourth-order valence-corrected chi connectivity index (χ4v) is 3.18. The molecule has 0 saturated carbocycles. The molecular weight excluding hydrogens is 282 g/mol. The Bertz CT molecular complexity index is 395. The predicted molar refractivity (Wildman–Crippen MR) is 98.6 cm³/mol. The first-order valence-corrected chi connectivity index (χ1v) is 9.83. The quantitative estimate of drug-likeness (QED) is 0.496. The van der Waals surface area contributed by atoms with Crippen LogP contribution < -0.4 is 0 Å². The number of aromatic nitrogens is 3. The lowest BCUT2D eigenvalue weighted by Crippen LogP contribution is -2.13. The van der Waals surface area contributed by atoms with Crippen molar-refractivity contribution in [3.63, 3.8) is 0 Å². The molecule has 0 amide bonds. The van der Waals surface area contributed by atoms with Crippen LogP contribution >= 0.6 is 0 Å². The molecule has 2 atom stereocenters. The van der Waals surface area contributed by atoms with E-state index in [0.29, 0.717) is 11.8 Å². The van der Waals surface area contributed by atoms with Gasteiger partial charge in [0, 0.05) is 12.8 Å². The maximum atomic E-state index is 4.80. The van der Waals surface area contributed by atoms with Gasteiger partial charge in [-0.05, 0) is 18.8 Å². The molecule has 0 aliphatic rings. The molecule has 1 aromatic rings. The third-order valence-corrected chi connectivity index (χ3v) is 4.87. The first-order chi connectivity index (χ1) is 11.1. The molecule has 0 spiro atoms. The van der Waals surface area contributed by atoms with Crippen molar-refractivity contribution < 1.29 is 0 Å². The fourth-order valence-electron chi connectivity index (χ4n) is 3.18. The molecule has 3 heteroatoms. The minimum Gasteiger partial charge on any atom is -0.218 e. The Hall–Kier alpha value is -0.990. The molecule has 0 aliphatic heterocycles. The van der Waals surface area contributed by atoms with Gasteiger partial charge in [0.2, 0.25) is 0 Å². The average molecular weight is 320 g/mol. The van der Waals surface area contributed by atoms with E-state index in [1.807, 2.05) is 6.92 Å². The van der Waals surface area contributed by atoms with E-state index in [1.54, 1.807) is 0 Å². The normalized spacial score (nSPS) is 14.0. The number of unbranched alkanes of at least 4 members (excludes halogenated alkanes) is 2. The van der Waals surface area contributed by atoms with Gasteiger partial charge in [-0.25, -0.2) is 15.0 Å². The van der Waals surface area contributed by atoms with Crippen LogP contribution in [0.2, 0.25) is 0 Å². The van der Waals surface area contributed by atoms with Crippen LogP contribution in [0, 0.1) is 18.8 Å². The zero-order valence-electron chi connectivity index (χ0n) is 16.1. The van der Waals surface area contributed by atoms with Gasteiger partial charge in [0.1, 0.15) is 17.5 Å². The summed E-state index contributed by atoms with van der Waals surface area (Å²) in [6.45, 7) is 11.1. The predicted octanol–water partition coefficient (Wildman–Crippen LogP) is 5.70. The van der Waals surface area contributed by atoms with Crippen LogP contribution in [-0.4, -0.2) is 15.0 Å². The minimum absolute atomic E-state index is 0.715. The molecule has 23 heavy (non-hydrogen) atoms. The zero-order valence-corrected chi connectivity index (χ0v) is 16.1. The molecule has 1 rings (SSSR count). The molecule has 0 aromatic carbocycles. The summed E-state index contributed by atoms with van der Waals surface area (Å²) < 4.78 is 0. The Morgan fingerprint density at radius 3 is 1.48 bits per heavy atom. The van der Waals surface area contributed by atoms with Crippen molar-refractivity contribution >= 4 is 0 Å². The average Bonchev–Trinajstić information content (AvgIpc) is 2.54. The van der Waals surface area contributed by atoms with Gasteiger partial charge in [0.15, 0.2) is 0 Å². The maximum absolute atomic E-state index is 4.80. The number of aryl methyl sites for hydroxylation is 1. The first-order valence-electron chi connectivity index (χ1n) is 9.83. The second kappa shape index (κ2) is 11.5. The highest BCUT2D eigenvalue weighted by molar-refractivity contribution is 4.98. The Morgan fingerprint density at radius 1 is 0.696 bits per heavy atom. The van der Waals surface area contributed by atoms with Gasteiger partial charge in [0.25, 0.3) is 0 Å². The molecule has 0 bridgehead atoms. The van der Waals surface area contributed by atoms with Gasteiger partial charge in [-0.15, -0.1) is 0 Å². The van der Waals surface area contributed by atoms with Crippen molar-refractivity contribution in [2.75, 3.05) is 0 Å². The molecule has 0 fully saturated rings. The van der Waals surface area contributed by atoms with Gasteiger partial charge in [-0.1, -0.05) is 79.1 Å². The van der Waals surface area contributed by atoms with E-state index in [0.717, 1.165) is 30.3 Å². The topological polar surface area (TPSA) is 38.7 Å². The smallest absolute Gasteiger partial charge is 0.132 e. The van der Waals surface area contributed by atoms with Crippen molar-refractivity contribution in [1.82, 2.24) is 15.0 Å². The van der Waals surface area contributed by atoms with Gasteiger partial charge < -0.3 is 0 Å². The highest BCUT2D eigenvalue weighted by Gasteiger charge is 2.14. The molecule has 1 heterocycles. The second-order valence-corrected chi connectivity index (χ2v) is 6.96. The standard InChI is InChI=1S/C20H37N3/c1-6-10-12-17(8-3)14-19-21-16(5)22-20(23-19)15-18(9-4)13-11-7-2/h17-18H,6-15H2,1-5H3. The van der Waals surface area contributed by atoms with Crippen molar-refractivity contribution in [2.45, 2.75) is 98.8 Å². The van der Waals surface area contributed by atoms with Crippen molar-refractivity contribution in [3.8, 4) is 0 Å². The molecule has 3 nitrogen and oxygen atoms in total. The van der Waals surface area contributed by atoms with Gasteiger partial charge >= 0.3 is 0 Å². The summed E-state index contributed by atoms with van der Waals surface area (Å²) in [5, 5.41) is 0. The molecule has 0 N–H and O–H groups in total. The summed E-state index contributed by atoms with van der Waals surface area (Å²) in [7, 11) is 0. The maximum Gasteiger partial charge on any atom is 0.132 e. The Kier molecular flexibility index (Phi) is 10.1. The van der Waals surface area contributed by atoms with Crippen molar-refractivity contribution in [3.05, 3.63) is 17.5 Å². The van der Waals surface area contributed by atoms with Crippen LogP contribution in [0.3, 0.4) is 0 Å². The largest absolute Gasteiger partial charge is 0.218 e. The van der Waals surface area contributed by atoms with Crippen LogP contribution in [0.4, 0.5) is 0 Å². The summed E-state index contributed by atoms with van der Waals surface area (Å²) >= 11 is 0. The molecule has 0 radical (unpaired) electrons. The molecule has 0 aliphatic carbocycles. The second-order valence-electron chi connectivity index (χ2n) is 6.96. The van der Waals surface area contributed by atoms with E-state index in [1.165, 1.54) is 51.4 Å². The van der Waals surface area contributed by atoms with Crippen molar-refractivity contribution in [2.24, 2.45) is 11.8 Å². The van der Waals surface area contributed by atoms with E-state index in [-0.39, 0.29) is 0 Å². The Balaban J connectivity index is 2.73. The van der Waals surface area contributed by atoms with E-state index in [2.05, 4.69) is 37.7 Å². The van der Waals surface area contributed by atoms with Crippen LogP contribution in [0.1, 0.15) is 96.5 Å². The lowest BCUT2D eigenvalue weighted by atomic mass is 9.94. The van der Waals surface area contributed by atoms with E-state index < -0.39 is 0 Å². The van der Waals surface area contributed by atoms with Crippen LogP contribution in [-0.2, 0) is 12.8 Å². The fraction of sp³-hybridized carbons (Fsp3) is 0.850. The number of hydrogen-bond donors (Lipinski definition) is 0. The van der Waals surface area contributed by atoms with Gasteiger partial charge in [-0.3, -0.25) is 0 Å². The summed E-state index contributed by atoms with van der Waals surface area (Å²) in [5.41, 5.74) is 0. The monoisotopic (exact) mass is 319 g/mol. The Labute approximate surface area is 143 Å². The number of nitrogens with zero attached hydrogens (tertiary/aromatic N) is 3. The van der Waals surface area contributed by atoms with Crippen LogP contribution in [0.15, 0.2) is 0 Å². The number of rotatable bonds is 12. The molecule has 1 aromatic heterocycles. The molecule has 132 valence electrons. The van der Waals surface area contributed by atoms with Gasteiger partial charge in [0.05, 0.1) is 0 Å². The van der Waals surface area contributed by atoms with Crippen LogP contribution in [0.25, 0.3) is 0 Å². The highest BCUT2D eigenvalue weighted by atomic mass is 15.0. The van der Waals surface area contributed by atoms with Gasteiger partial charge in [-0.2, -0.15) is 0 Å². The van der Waals surface area contributed by atoms with E-state index >= 15 is 0 Å². The summed E-state index contributed by atoms with van der Waals surface area (Å²) in [6.07, 6.45) is 12.2. The van der Waals surface area contributed by atoms with E-state index in [9.17, 15) is 0 Å². The first kappa shape index (κ1) is 20.1. The zero-order chi connectivity index (χ0) is 17.1. The Morgan fingerprint density at radius 2 is 1.13 bits per heavy atom. The third kappa shape index (κ3) is 7.90. The number of hydrogen-bond acceptors (Lipinski definition) is 3. The SMILES string of the molecule is CCCCC(CC)Cc1nc(C)nc(CC(CC)CCCC)n1. The van der Waals surface area contributed by atoms with E-state index in [4.69, 9.17) is 4.98 Å². The van der Waals surface area contributed by atoms with Crippen LogP contribution in [0.5, 0.6) is 0 Å². The molecule has 2 unspecified atom stereocenters. The third-order valence-electron chi connectivity index (χ3n) is 4.87. The molecule has 0 saturated heterocycles. The summed E-state index contributed by atoms with van der Waals surface area (Å²) in [5.74, 6) is 4.35. The highest BCUT2D eigenvalue weighted by Crippen LogP contribution is 2.19. The lowest BCUT2D eigenvalue weighted by Gasteiger charge is -2.16. The molecular formula is C20H37N3. The summed E-state index contributed by atoms with van der Waals surface area (Å²) in [4.78, 5) is 14.0. The summed E-state index contributed by atoms with van der Waals surface area (Å²) in [6, 6.07) is 0. The lowest BCUT2D eigenvalue weighted by molar-refractivity contribution is 0.426. The van der Waals surface area contributed by atoms with Crippen molar-refractivity contribution in [1.29, 1.82) is 0 Å². The minimum atomic E-state index is 0.715.